The van der Waals surface area contributed by atoms with Gasteiger partial charge >= 0.3 is 6.09 Å². The van der Waals surface area contributed by atoms with Gasteiger partial charge in [-0.25, -0.2) is 9.78 Å². The fourth-order valence-corrected chi connectivity index (χ4v) is 5.38. The molecule has 1 aromatic carbocycles. The fourth-order valence-electron chi connectivity index (χ4n) is 4.34. The van der Waals surface area contributed by atoms with Gasteiger partial charge in [-0.05, 0) is 76.8 Å². The number of nitrogens with one attached hydrogen (secondary N) is 1. The van der Waals surface area contributed by atoms with E-state index < -0.39 is 24.5 Å². The zero-order valence-electron chi connectivity index (χ0n) is 24.7. The van der Waals surface area contributed by atoms with Gasteiger partial charge in [-0.2, -0.15) is 0 Å². The molecule has 2 atom stereocenters. The average Bonchev–Trinajstić information content (AvgIpc) is 3.32. The highest BCUT2D eigenvalue weighted by atomic mass is 35.5. The average molecular weight is 606 g/mol. The maximum atomic E-state index is 14.3. The molecule has 2 amide bonds. The van der Waals surface area contributed by atoms with Crippen molar-refractivity contribution in [2.45, 2.75) is 78.5 Å². The van der Waals surface area contributed by atoms with E-state index in [-0.39, 0.29) is 24.5 Å². The van der Waals surface area contributed by atoms with Crippen molar-refractivity contribution in [1.82, 2.24) is 15.2 Å². The number of rotatable bonds is 13. The Morgan fingerprint density at radius 2 is 1.73 bits per heavy atom. The second-order valence-electron chi connectivity index (χ2n) is 10.5. The number of pyridine rings is 1. The van der Waals surface area contributed by atoms with Gasteiger partial charge in [0.1, 0.15) is 22.5 Å². The summed E-state index contributed by atoms with van der Waals surface area (Å²) >= 11 is 7.73. The first-order valence-corrected chi connectivity index (χ1v) is 14.9. The van der Waals surface area contributed by atoms with Crippen LogP contribution in [0.5, 0.6) is 5.75 Å². The van der Waals surface area contributed by atoms with Crippen LogP contribution < -0.4 is 10.1 Å². The highest BCUT2D eigenvalue weighted by Gasteiger charge is 2.34. The molecule has 0 saturated carbocycles. The number of thiophene rings is 1. The Bertz CT molecular complexity index is 1290. The summed E-state index contributed by atoms with van der Waals surface area (Å²) in [5.41, 5.74) is 2.06. The number of hydrogen-bond acceptors (Lipinski definition) is 8. The summed E-state index contributed by atoms with van der Waals surface area (Å²) in [6, 6.07) is 9.70. The number of amides is 2. The highest BCUT2D eigenvalue weighted by molar-refractivity contribution is 7.17. The summed E-state index contributed by atoms with van der Waals surface area (Å²) < 4.78 is 23.5. The van der Waals surface area contributed by atoms with Crippen LogP contribution in [0, 0.1) is 0 Å². The van der Waals surface area contributed by atoms with Gasteiger partial charge in [-0.1, -0.05) is 23.7 Å². The highest BCUT2D eigenvalue weighted by Crippen LogP contribution is 2.29. The number of aromatic nitrogens is 1. The third kappa shape index (κ3) is 9.29. The molecule has 2 aromatic heterocycles. The van der Waals surface area contributed by atoms with Crippen molar-refractivity contribution in [1.29, 1.82) is 0 Å². The molecule has 0 unspecified atom stereocenters. The minimum absolute atomic E-state index is 0.210. The molecule has 0 fully saturated rings. The van der Waals surface area contributed by atoms with E-state index in [9.17, 15) is 9.59 Å². The molecule has 41 heavy (non-hydrogen) atoms. The minimum atomic E-state index is -0.926. The molecule has 0 radical (unpaired) electrons. The van der Waals surface area contributed by atoms with E-state index in [0.717, 1.165) is 21.3 Å². The van der Waals surface area contributed by atoms with Gasteiger partial charge in [0.05, 0.1) is 23.4 Å². The van der Waals surface area contributed by atoms with Gasteiger partial charge in [0, 0.05) is 31.7 Å². The molecule has 11 heteroatoms. The van der Waals surface area contributed by atoms with Crippen molar-refractivity contribution < 1.29 is 28.5 Å². The smallest absolute Gasteiger partial charge is 0.407 e. The van der Waals surface area contributed by atoms with Crippen LogP contribution in [0.4, 0.5) is 4.79 Å². The van der Waals surface area contributed by atoms with Crippen molar-refractivity contribution in [3.63, 3.8) is 0 Å². The first kappa shape index (κ1) is 32.6. The summed E-state index contributed by atoms with van der Waals surface area (Å²) in [4.78, 5) is 32.9. The van der Waals surface area contributed by atoms with Gasteiger partial charge < -0.3 is 29.2 Å². The molecule has 9 nitrogen and oxygen atoms in total. The van der Waals surface area contributed by atoms with E-state index in [1.165, 1.54) is 18.4 Å². The Morgan fingerprint density at radius 3 is 2.32 bits per heavy atom. The molecule has 0 spiro atoms. The summed E-state index contributed by atoms with van der Waals surface area (Å²) in [6.45, 7) is 12.6. The number of carbonyl (C=O) groups is 2. The monoisotopic (exact) mass is 605 g/mol. The van der Waals surface area contributed by atoms with Crippen LogP contribution in [0.1, 0.15) is 52.7 Å². The first-order chi connectivity index (χ1) is 19.4. The molecule has 1 N–H and O–H groups in total. The number of methoxy groups -OCH3 is 1. The van der Waals surface area contributed by atoms with Gasteiger partial charge in [-0.3, -0.25) is 4.79 Å². The van der Waals surface area contributed by atoms with E-state index >= 15 is 0 Å². The number of alkyl carbamates (subject to hydrolysis) is 1. The number of fused-ring (bicyclic) bond motifs is 1. The molecular formula is C30H40ClN3O6S. The normalized spacial score (nSPS) is 13.2. The standard InChI is InChI=1S/C30H40ClN3O6S/c1-8-38-28(39-9-2)19(3)34(17-21-18-41-24-14-15-25(31)33-26(21)24)27(35)23(32-29(36)37-7)16-20-10-12-22(13-11-20)40-30(4,5)6/h10-15,18-19,23,28H,8-9,16-17H2,1-7H3,(H,32,36)/t19-,23-/m0/s1. The number of hydrogen-bond donors (Lipinski definition) is 1. The van der Waals surface area contributed by atoms with E-state index in [1.54, 1.807) is 11.0 Å². The van der Waals surface area contributed by atoms with Crippen LogP contribution in [0.15, 0.2) is 41.8 Å². The van der Waals surface area contributed by atoms with Crippen molar-refractivity contribution in [3.05, 3.63) is 58.1 Å². The summed E-state index contributed by atoms with van der Waals surface area (Å²) in [6.07, 6.45) is -1.15. The number of nitrogens with zero attached hydrogens (tertiary/aromatic N) is 2. The quantitative estimate of drug-likeness (QED) is 0.183. The number of carbonyl (C=O) groups excluding carboxylic acids is 2. The summed E-state index contributed by atoms with van der Waals surface area (Å²) in [7, 11) is 1.27. The molecule has 0 aliphatic heterocycles. The lowest BCUT2D eigenvalue weighted by Crippen LogP contribution is -2.55. The van der Waals surface area contributed by atoms with E-state index in [4.69, 9.17) is 30.5 Å². The Labute approximate surface area is 251 Å². The van der Waals surface area contributed by atoms with Gasteiger partial charge in [0.25, 0.3) is 0 Å². The topological polar surface area (TPSA) is 99.2 Å². The zero-order valence-corrected chi connectivity index (χ0v) is 26.3. The predicted octanol–water partition coefficient (Wildman–Crippen LogP) is 6.21. The molecule has 0 saturated heterocycles. The van der Waals surface area contributed by atoms with Gasteiger partial charge in [-0.15, -0.1) is 11.3 Å². The van der Waals surface area contributed by atoms with Crippen LogP contribution in [0.3, 0.4) is 0 Å². The maximum Gasteiger partial charge on any atom is 0.407 e. The third-order valence-corrected chi connectivity index (χ3v) is 7.39. The Kier molecular flexibility index (Phi) is 11.8. The molecule has 0 bridgehead atoms. The summed E-state index contributed by atoms with van der Waals surface area (Å²) in [5, 5.41) is 5.07. The molecule has 3 aromatic rings. The summed E-state index contributed by atoms with van der Waals surface area (Å²) in [5.74, 6) is 0.399. The lowest BCUT2D eigenvalue weighted by Gasteiger charge is -2.36. The predicted molar refractivity (Wildman–Crippen MR) is 162 cm³/mol. The van der Waals surface area contributed by atoms with Gasteiger partial charge in [0.15, 0.2) is 6.29 Å². The van der Waals surface area contributed by atoms with E-state index in [0.29, 0.717) is 24.1 Å². The Balaban J connectivity index is 1.97. The number of ether oxygens (including phenoxy) is 4. The largest absolute Gasteiger partial charge is 0.488 e. The second-order valence-corrected chi connectivity index (χ2v) is 11.8. The fraction of sp³-hybridized carbons (Fsp3) is 0.500. The van der Waals surface area contributed by atoms with Crippen molar-refractivity contribution in [2.24, 2.45) is 0 Å². The first-order valence-electron chi connectivity index (χ1n) is 13.6. The lowest BCUT2D eigenvalue weighted by atomic mass is 10.0. The molecule has 2 heterocycles. The van der Waals surface area contributed by atoms with E-state index in [1.807, 2.05) is 77.3 Å². The maximum absolute atomic E-state index is 14.3. The molecule has 0 aliphatic carbocycles. The second kappa shape index (κ2) is 14.8. The molecule has 3 rings (SSSR count). The molecular weight excluding hydrogens is 566 g/mol. The molecule has 224 valence electrons. The molecule has 0 aliphatic rings. The number of halogens is 1. The lowest BCUT2D eigenvalue weighted by molar-refractivity contribution is -0.179. The van der Waals surface area contributed by atoms with E-state index in [2.05, 4.69) is 10.3 Å². The van der Waals surface area contributed by atoms with Crippen LogP contribution in [-0.4, -0.2) is 66.2 Å². The van der Waals surface area contributed by atoms with Gasteiger partial charge in [0.2, 0.25) is 5.91 Å². The SMILES string of the molecule is CCOC(OCC)[C@H](C)N(Cc1csc2ccc(Cl)nc12)C(=O)[C@H](Cc1ccc(OC(C)(C)C)cc1)NC(=O)OC. The van der Waals surface area contributed by atoms with Crippen molar-refractivity contribution in [2.75, 3.05) is 20.3 Å². The van der Waals surface area contributed by atoms with Crippen LogP contribution >= 0.6 is 22.9 Å². The Morgan fingerprint density at radius 1 is 1.07 bits per heavy atom. The minimum Gasteiger partial charge on any atom is -0.488 e. The van der Waals surface area contributed by atoms with Crippen LogP contribution in [-0.2, 0) is 32.0 Å². The van der Waals surface area contributed by atoms with Crippen molar-refractivity contribution in [3.8, 4) is 5.75 Å². The van der Waals surface area contributed by atoms with Crippen molar-refractivity contribution >= 4 is 45.2 Å². The number of benzene rings is 1. The van der Waals surface area contributed by atoms with Crippen LogP contribution in [0.2, 0.25) is 5.15 Å². The zero-order chi connectivity index (χ0) is 30.2. The Hall–Kier alpha value is -2.92. The van der Waals surface area contributed by atoms with Crippen LogP contribution in [0.25, 0.3) is 10.2 Å². The third-order valence-electron chi connectivity index (χ3n) is 6.19.